The monoisotopic (exact) mass is 251 g/mol. The van der Waals surface area contributed by atoms with E-state index in [-0.39, 0.29) is 0 Å². The Morgan fingerprint density at radius 2 is 2.24 bits per heavy atom. The van der Waals surface area contributed by atoms with Crippen LogP contribution in [0.1, 0.15) is 11.3 Å². The van der Waals surface area contributed by atoms with Crippen LogP contribution in [0, 0.1) is 6.92 Å². The SMILES string of the molecule is Cc1nn(C)cc1COc1ccc(N)cc1Cl. The zero-order valence-corrected chi connectivity index (χ0v) is 10.5. The van der Waals surface area contributed by atoms with Gasteiger partial charge in [0.2, 0.25) is 0 Å². The normalized spacial score (nSPS) is 10.5. The van der Waals surface area contributed by atoms with Crippen molar-refractivity contribution in [3.05, 3.63) is 40.7 Å². The Morgan fingerprint density at radius 1 is 1.47 bits per heavy atom. The van der Waals surface area contributed by atoms with E-state index in [4.69, 9.17) is 22.1 Å². The van der Waals surface area contributed by atoms with Gasteiger partial charge in [0.1, 0.15) is 12.4 Å². The molecule has 0 radical (unpaired) electrons. The van der Waals surface area contributed by atoms with Gasteiger partial charge in [-0.3, -0.25) is 4.68 Å². The lowest BCUT2D eigenvalue weighted by molar-refractivity contribution is 0.305. The fourth-order valence-corrected chi connectivity index (χ4v) is 1.82. The number of rotatable bonds is 3. The largest absolute Gasteiger partial charge is 0.487 e. The third-order valence-electron chi connectivity index (χ3n) is 2.45. The first-order chi connectivity index (χ1) is 8.06. The second-order valence-electron chi connectivity index (χ2n) is 3.89. The van der Waals surface area contributed by atoms with Gasteiger partial charge < -0.3 is 10.5 Å². The Bertz CT molecular complexity index is 537. The molecule has 0 bridgehead atoms. The van der Waals surface area contributed by atoms with Crippen molar-refractivity contribution in [1.29, 1.82) is 0 Å². The van der Waals surface area contributed by atoms with Gasteiger partial charge in [0.15, 0.2) is 0 Å². The molecule has 1 aromatic carbocycles. The molecule has 2 aromatic rings. The van der Waals surface area contributed by atoms with Crippen LogP contribution in [0.4, 0.5) is 5.69 Å². The summed E-state index contributed by atoms with van der Waals surface area (Å²) in [5.74, 6) is 0.629. The zero-order valence-electron chi connectivity index (χ0n) is 9.77. The number of hydrogen-bond donors (Lipinski definition) is 1. The van der Waals surface area contributed by atoms with Crippen molar-refractivity contribution in [1.82, 2.24) is 9.78 Å². The van der Waals surface area contributed by atoms with Gasteiger partial charge >= 0.3 is 0 Å². The number of nitrogens with two attached hydrogens (primary N) is 1. The van der Waals surface area contributed by atoms with E-state index in [9.17, 15) is 0 Å². The lowest BCUT2D eigenvalue weighted by atomic mass is 10.3. The Morgan fingerprint density at radius 3 is 2.82 bits per heavy atom. The Hall–Kier alpha value is -1.68. The molecule has 0 saturated carbocycles. The minimum Gasteiger partial charge on any atom is -0.487 e. The van der Waals surface area contributed by atoms with Crippen LogP contribution in [0.2, 0.25) is 5.02 Å². The number of aryl methyl sites for hydroxylation is 2. The van der Waals surface area contributed by atoms with Crippen LogP contribution in [0.3, 0.4) is 0 Å². The number of ether oxygens (including phenoxy) is 1. The van der Waals surface area contributed by atoms with Gasteiger partial charge in [-0.25, -0.2) is 0 Å². The van der Waals surface area contributed by atoms with E-state index < -0.39 is 0 Å². The summed E-state index contributed by atoms with van der Waals surface area (Å²) in [5, 5.41) is 4.76. The Kier molecular flexibility index (Phi) is 3.24. The molecule has 90 valence electrons. The first-order valence-electron chi connectivity index (χ1n) is 5.23. The average molecular weight is 252 g/mol. The smallest absolute Gasteiger partial charge is 0.138 e. The van der Waals surface area contributed by atoms with Crippen molar-refractivity contribution >= 4 is 17.3 Å². The summed E-state index contributed by atoms with van der Waals surface area (Å²) in [6.45, 7) is 2.40. The van der Waals surface area contributed by atoms with Crippen molar-refractivity contribution in [3.63, 3.8) is 0 Å². The molecule has 0 saturated heterocycles. The standard InChI is InChI=1S/C12H14ClN3O/c1-8-9(6-16(2)15-8)7-17-12-4-3-10(14)5-11(12)13/h3-6H,7,14H2,1-2H3. The van der Waals surface area contributed by atoms with Crippen molar-refractivity contribution in [2.24, 2.45) is 7.05 Å². The molecular weight excluding hydrogens is 238 g/mol. The molecule has 2 rings (SSSR count). The van der Waals surface area contributed by atoms with E-state index in [1.807, 2.05) is 20.2 Å². The summed E-state index contributed by atoms with van der Waals surface area (Å²) in [4.78, 5) is 0. The maximum atomic E-state index is 6.01. The molecule has 0 spiro atoms. The maximum Gasteiger partial charge on any atom is 0.138 e. The second-order valence-corrected chi connectivity index (χ2v) is 4.30. The molecule has 2 N–H and O–H groups in total. The predicted molar refractivity (Wildman–Crippen MR) is 68.1 cm³/mol. The van der Waals surface area contributed by atoms with Gasteiger partial charge in [0.25, 0.3) is 0 Å². The van der Waals surface area contributed by atoms with Crippen molar-refractivity contribution in [3.8, 4) is 5.75 Å². The lowest BCUT2D eigenvalue weighted by Crippen LogP contribution is -1.97. The molecule has 5 heteroatoms. The highest BCUT2D eigenvalue weighted by Gasteiger charge is 2.06. The average Bonchev–Trinajstić information content (AvgIpc) is 2.56. The summed E-state index contributed by atoms with van der Waals surface area (Å²) < 4.78 is 7.39. The first kappa shape index (κ1) is 11.8. The van der Waals surface area contributed by atoms with Crippen LogP contribution in [-0.4, -0.2) is 9.78 Å². The predicted octanol–water partition coefficient (Wildman–Crippen LogP) is 2.54. The number of hydrogen-bond acceptors (Lipinski definition) is 3. The Balaban J connectivity index is 2.10. The fraction of sp³-hybridized carbons (Fsp3) is 0.250. The molecule has 0 amide bonds. The quantitative estimate of drug-likeness (QED) is 0.853. The van der Waals surface area contributed by atoms with E-state index in [2.05, 4.69) is 5.10 Å². The molecule has 0 atom stereocenters. The van der Waals surface area contributed by atoms with Crippen molar-refractivity contribution in [2.45, 2.75) is 13.5 Å². The highest BCUT2D eigenvalue weighted by molar-refractivity contribution is 6.32. The summed E-state index contributed by atoms with van der Waals surface area (Å²) in [6, 6.07) is 5.20. The van der Waals surface area contributed by atoms with Gasteiger partial charge in [-0.1, -0.05) is 11.6 Å². The van der Waals surface area contributed by atoms with E-state index in [1.54, 1.807) is 22.9 Å². The summed E-state index contributed by atoms with van der Waals surface area (Å²) in [5.41, 5.74) is 8.23. The number of anilines is 1. The first-order valence-corrected chi connectivity index (χ1v) is 5.61. The maximum absolute atomic E-state index is 6.01. The summed E-state index contributed by atoms with van der Waals surface area (Å²) >= 11 is 6.01. The van der Waals surface area contributed by atoms with Gasteiger partial charge in [-0.2, -0.15) is 5.10 Å². The third-order valence-corrected chi connectivity index (χ3v) is 2.75. The van der Waals surface area contributed by atoms with Gasteiger partial charge in [0.05, 0.1) is 10.7 Å². The van der Waals surface area contributed by atoms with Gasteiger partial charge in [-0.05, 0) is 25.1 Å². The van der Waals surface area contributed by atoms with E-state index in [1.165, 1.54) is 0 Å². The number of benzene rings is 1. The van der Waals surface area contributed by atoms with Gasteiger partial charge in [0, 0.05) is 24.5 Å². The Labute approximate surface area is 105 Å². The van der Waals surface area contributed by atoms with Crippen molar-refractivity contribution in [2.75, 3.05) is 5.73 Å². The fourth-order valence-electron chi connectivity index (χ4n) is 1.58. The molecule has 0 aliphatic heterocycles. The topological polar surface area (TPSA) is 53.1 Å². The molecule has 0 fully saturated rings. The van der Waals surface area contributed by atoms with E-state index in [0.29, 0.717) is 23.1 Å². The number of halogens is 1. The molecule has 0 unspecified atom stereocenters. The van der Waals surface area contributed by atoms with Crippen LogP contribution in [-0.2, 0) is 13.7 Å². The summed E-state index contributed by atoms with van der Waals surface area (Å²) in [7, 11) is 1.88. The van der Waals surface area contributed by atoms with Crippen molar-refractivity contribution < 1.29 is 4.74 Å². The number of nitrogen functional groups attached to an aromatic ring is 1. The minimum atomic E-state index is 0.448. The lowest BCUT2D eigenvalue weighted by Gasteiger charge is -2.07. The molecule has 17 heavy (non-hydrogen) atoms. The molecule has 0 aliphatic rings. The van der Waals surface area contributed by atoms with Crippen LogP contribution in [0.5, 0.6) is 5.75 Å². The molecule has 0 aliphatic carbocycles. The third kappa shape index (κ3) is 2.71. The highest BCUT2D eigenvalue weighted by Crippen LogP contribution is 2.27. The van der Waals surface area contributed by atoms with E-state index >= 15 is 0 Å². The molecule has 1 heterocycles. The van der Waals surface area contributed by atoms with Crippen LogP contribution in [0.25, 0.3) is 0 Å². The van der Waals surface area contributed by atoms with Gasteiger partial charge in [-0.15, -0.1) is 0 Å². The van der Waals surface area contributed by atoms with E-state index in [0.717, 1.165) is 11.3 Å². The molecular formula is C12H14ClN3O. The molecule has 4 nitrogen and oxygen atoms in total. The number of nitrogens with zero attached hydrogens (tertiary/aromatic N) is 2. The van der Waals surface area contributed by atoms with Crippen LogP contribution >= 0.6 is 11.6 Å². The van der Waals surface area contributed by atoms with Crippen LogP contribution < -0.4 is 10.5 Å². The summed E-state index contributed by atoms with van der Waals surface area (Å²) in [6.07, 6.45) is 1.93. The zero-order chi connectivity index (χ0) is 12.4. The number of aromatic nitrogens is 2. The molecule has 1 aromatic heterocycles. The van der Waals surface area contributed by atoms with Crippen LogP contribution in [0.15, 0.2) is 24.4 Å². The highest BCUT2D eigenvalue weighted by atomic mass is 35.5. The minimum absolute atomic E-state index is 0.448. The second kappa shape index (κ2) is 4.67.